The van der Waals surface area contributed by atoms with Crippen LogP contribution < -0.4 is 4.57 Å². The van der Waals surface area contributed by atoms with Crippen molar-refractivity contribution in [2.24, 2.45) is 0 Å². The van der Waals surface area contributed by atoms with Crippen molar-refractivity contribution in [1.29, 1.82) is 0 Å². The van der Waals surface area contributed by atoms with E-state index in [1.54, 1.807) is 0 Å². The minimum atomic E-state index is 0.861. The van der Waals surface area contributed by atoms with Gasteiger partial charge in [0.1, 0.15) is 0 Å². The molecule has 0 saturated heterocycles. The van der Waals surface area contributed by atoms with E-state index in [4.69, 9.17) is 0 Å². The van der Waals surface area contributed by atoms with Gasteiger partial charge in [0.25, 0.3) is 0 Å². The van der Waals surface area contributed by atoms with Crippen molar-refractivity contribution in [2.75, 3.05) is 6.26 Å². The van der Waals surface area contributed by atoms with Gasteiger partial charge in [0.05, 0.1) is 5.39 Å². The minimum absolute atomic E-state index is 0.861. The number of hydrogen-bond acceptors (Lipinski definition) is 1. The monoisotopic (exact) mass is 342 g/mol. The summed E-state index contributed by atoms with van der Waals surface area (Å²) in [5.41, 5.74) is 5.09. The van der Waals surface area contributed by atoms with Crippen LogP contribution >= 0.6 is 11.8 Å². The van der Waals surface area contributed by atoms with Gasteiger partial charge in [-0.25, -0.2) is 0 Å². The average molecular weight is 342 g/mol. The molecular formula is C23H20NS+. The average Bonchev–Trinajstić information content (AvgIpc) is 2.69. The van der Waals surface area contributed by atoms with E-state index in [1.165, 1.54) is 32.6 Å². The van der Waals surface area contributed by atoms with Gasteiger partial charge in [-0.15, -0.1) is 11.8 Å². The second-order valence-electron chi connectivity index (χ2n) is 6.05. The second kappa shape index (κ2) is 7.12. The lowest BCUT2D eigenvalue weighted by Crippen LogP contribution is -2.38. The zero-order valence-electron chi connectivity index (χ0n) is 14.2. The molecule has 0 fully saturated rings. The topological polar surface area (TPSA) is 3.88 Å². The lowest BCUT2D eigenvalue weighted by atomic mass is 10.1. The van der Waals surface area contributed by atoms with Gasteiger partial charge in [-0.05, 0) is 24.5 Å². The van der Waals surface area contributed by atoms with E-state index in [0.29, 0.717) is 0 Å². The van der Waals surface area contributed by atoms with Crippen molar-refractivity contribution in [1.82, 2.24) is 0 Å². The number of fused-ring (bicyclic) bond motifs is 1. The fourth-order valence-electron chi connectivity index (χ4n) is 3.28. The molecule has 3 aromatic carbocycles. The van der Waals surface area contributed by atoms with E-state index in [9.17, 15) is 0 Å². The number of pyridine rings is 1. The highest BCUT2D eigenvalue weighted by Crippen LogP contribution is 2.29. The largest absolute Gasteiger partial charge is 0.214 e. The van der Waals surface area contributed by atoms with E-state index in [2.05, 4.69) is 102 Å². The first-order valence-electron chi connectivity index (χ1n) is 8.46. The van der Waals surface area contributed by atoms with Crippen molar-refractivity contribution in [3.05, 3.63) is 96.6 Å². The fraction of sp³-hybridized carbons (Fsp3) is 0.0870. The molecule has 0 bridgehead atoms. The van der Waals surface area contributed by atoms with Crippen LogP contribution in [0.5, 0.6) is 0 Å². The zero-order valence-corrected chi connectivity index (χ0v) is 15.0. The highest BCUT2D eigenvalue weighted by molar-refractivity contribution is 7.98. The molecule has 4 rings (SSSR count). The molecule has 1 heterocycles. The molecule has 0 aliphatic heterocycles. The first kappa shape index (κ1) is 15.9. The summed E-state index contributed by atoms with van der Waals surface area (Å²) in [7, 11) is 0. The summed E-state index contributed by atoms with van der Waals surface area (Å²) in [4.78, 5) is 1.32. The molecule has 1 nitrogen and oxygen atoms in total. The second-order valence-corrected chi connectivity index (χ2v) is 6.90. The molecule has 0 amide bonds. The highest BCUT2D eigenvalue weighted by Gasteiger charge is 2.20. The van der Waals surface area contributed by atoms with Crippen LogP contribution in [-0.2, 0) is 6.54 Å². The van der Waals surface area contributed by atoms with Crippen molar-refractivity contribution in [3.63, 3.8) is 0 Å². The van der Waals surface area contributed by atoms with Gasteiger partial charge in [-0.1, -0.05) is 60.7 Å². The summed E-state index contributed by atoms with van der Waals surface area (Å²) in [6.45, 7) is 0.861. The van der Waals surface area contributed by atoms with Crippen molar-refractivity contribution >= 4 is 22.7 Å². The van der Waals surface area contributed by atoms with E-state index in [0.717, 1.165) is 6.54 Å². The molecule has 0 N–H and O–H groups in total. The van der Waals surface area contributed by atoms with Crippen LogP contribution in [0.15, 0.2) is 95.9 Å². The molecule has 0 unspecified atom stereocenters. The molecule has 122 valence electrons. The van der Waals surface area contributed by atoms with Crippen LogP contribution in [0.2, 0.25) is 0 Å². The third kappa shape index (κ3) is 3.18. The molecule has 0 atom stereocenters. The van der Waals surface area contributed by atoms with Crippen LogP contribution in [0.3, 0.4) is 0 Å². The Kier molecular flexibility index (Phi) is 4.53. The fourth-order valence-corrected chi connectivity index (χ4v) is 3.90. The maximum atomic E-state index is 2.43. The molecule has 4 aromatic rings. The number of benzene rings is 3. The van der Waals surface area contributed by atoms with Gasteiger partial charge >= 0.3 is 0 Å². The summed E-state index contributed by atoms with van der Waals surface area (Å²) in [5, 5.41) is 1.31. The third-order valence-electron chi connectivity index (χ3n) is 4.49. The minimum Gasteiger partial charge on any atom is -0.187 e. The standard InChI is InChI=1S/C23H20NS/c1-25-23-16-22(19-12-6-3-7-13-19)24(17-18-10-4-2-5-11-18)21-15-9-8-14-20(21)23/h2-16H,17H2,1H3/q+1. The first-order valence-corrected chi connectivity index (χ1v) is 9.68. The Hall–Kier alpha value is -2.58. The summed E-state index contributed by atoms with van der Waals surface area (Å²) >= 11 is 1.81. The third-order valence-corrected chi connectivity index (χ3v) is 5.27. The number of para-hydroxylation sites is 1. The summed E-state index contributed by atoms with van der Waals surface area (Å²) in [6, 6.07) is 32.4. The maximum Gasteiger partial charge on any atom is 0.214 e. The van der Waals surface area contributed by atoms with Gasteiger partial charge < -0.3 is 0 Å². The molecule has 0 radical (unpaired) electrons. The summed E-state index contributed by atoms with van der Waals surface area (Å²) in [5.74, 6) is 0. The SMILES string of the molecule is CSc1cc(-c2ccccc2)[n+](Cc2ccccc2)c2ccccc12. The van der Waals surface area contributed by atoms with Crippen molar-refractivity contribution < 1.29 is 4.57 Å². The number of hydrogen-bond donors (Lipinski definition) is 0. The Bertz CT molecular complexity index is 994. The predicted octanol–water partition coefficient (Wildman–Crippen LogP) is 5.56. The van der Waals surface area contributed by atoms with Crippen LogP contribution in [0.1, 0.15) is 5.56 Å². The smallest absolute Gasteiger partial charge is 0.187 e. The Morgan fingerprint density at radius 1 is 0.760 bits per heavy atom. The number of rotatable bonds is 4. The quantitative estimate of drug-likeness (QED) is 0.347. The van der Waals surface area contributed by atoms with Gasteiger partial charge in [0.2, 0.25) is 11.2 Å². The molecule has 1 aromatic heterocycles. The van der Waals surface area contributed by atoms with Crippen LogP contribution in [0, 0.1) is 0 Å². The molecule has 2 heteroatoms. The maximum absolute atomic E-state index is 2.43. The first-order chi connectivity index (χ1) is 12.4. The molecule has 0 aliphatic carbocycles. The normalized spacial score (nSPS) is 10.9. The van der Waals surface area contributed by atoms with Crippen LogP contribution in [-0.4, -0.2) is 6.26 Å². The Morgan fingerprint density at radius 3 is 2.12 bits per heavy atom. The van der Waals surface area contributed by atoms with Gasteiger partial charge in [-0.2, -0.15) is 4.57 Å². The molecule has 25 heavy (non-hydrogen) atoms. The van der Waals surface area contributed by atoms with Gasteiger partial charge in [0.15, 0.2) is 6.54 Å². The summed E-state index contributed by atoms with van der Waals surface area (Å²) < 4.78 is 2.43. The molecule has 0 aliphatic rings. The number of nitrogens with zero attached hydrogens (tertiary/aromatic N) is 1. The number of thioether (sulfide) groups is 1. The van der Waals surface area contributed by atoms with E-state index in [1.807, 2.05) is 11.8 Å². The van der Waals surface area contributed by atoms with E-state index in [-0.39, 0.29) is 0 Å². The van der Waals surface area contributed by atoms with Crippen LogP contribution in [0.25, 0.3) is 22.2 Å². The van der Waals surface area contributed by atoms with Crippen molar-refractivity contribution in [3.8, 4) is 11.3 Å². The Balaban J connectivity index is 2.00. The molecule has 0 saturated carbocycles. The predicted molar refractivity (Wildman–Crippen MR) is 107 cm³/mol. The zero-order chi connectivity index (χ0) is 17.1. The number of aromatic nitrogens is 1. The molecular weight excluding hydrogens is 322 g/mol. The Labute approximate surface area is 153 Å². The van der Waals surface area contributed by atoms with Crippen LogP contribution in [0.4, 0.5) is 0 Å². The van der Waals surface area contributed by atoms with Gasteiger partial charge in [-0.3, -0.25) is 0 Å². The highest BCUT2D eigenvalue weighted by atomic mass is 32.2. The van der Waals surface area contributed by atoms with Gasteiger partial charge in [0, 0.05) is 28.2 Å². The lowest BCUT2D eigenvalue weighted by Gasteiger charge is -2.11. The molecule has 0 spiro atoms. The Morgan fingerprint density at radius 2 is 1.40 bits per heavy atom. The van der Waals surface area contributed by atoms with E-state index < -0.39 is 0 Å². The van der Waals surface area contributed by atoms with Crippen molar-refractivity contribution in [2.45, 2.75) is 11.4 Å². The lowest BCUT2D eigenvalue weighted by molar-refractivity contribution is -0.651. The summed E-state index contributed by atoms with van der Waals surface area (Å²) in [6.07, 6.45) is 2.15. The van der Waals surface area contributed by atoms with E-state index >= 15 is 0 Å².